The van der Waals surface area contributed by atoms with Gasteiger partial charge in [-0.05, 0) is 32.1 Å². The lowest BCUT2D eigenvalue weighted by molar-refractivity contribution is -0.0379. The van der Waals surface area contributed by atoms with Gasteiger partial charge in [0.1, 0.15) is 9.86 Å². The van der Waals surface area contributed by atoms with Crippen LogP contribution in [0.3, 0.4) is 0 Å². The van der Waals surface area contributed by atoms with Gasteiger partial charge < -0.3 is 4.74 Å². The van der Waals surface area contributed by atoms with Gasteiger partial charge in [-0.25, -0.2) is 9.97 Å². The Balaban J connectivity index is 2.11. The number of rotatable bonds is 4. The molecule has 6 heteroatoms. The largest absolute Gasteiger partial charge is 0.370 e. The van der Waals surface area contributed by atoms with Crippen molar-refractivity contribution in [2.75, 3.05) is 12.0 Å². The summed E-state index contributed by atoms with van der Waals surface area (Å²) in [5.41, 5.74) is 1.31. The van der Waals surface area contributed by atoms with Crippen LogP contribution < -0.4 is 0 Å². The van der Waals surface area contributed by atoms with E-state index in [2.05, 4.69) is 27.0 Å². The van der Waals surface area contributed by atoms with Crippen molar-refractivity contribution in [3.63, 3.8) is 0 Å². The number of thioether (sulfide) groups is 2. The molecule has 0 unspecified atom stereocenters. The van der Waals surface area contributed by atoms with E-state index in [1.165, 1.54) is 15.8 Å². The van der Waals surface area contributed by atoms with Crippen molar-refractivity contribution in [1.29, 1.82) is 0 Å². The van der Waals surface area contributed by atoms with Gasteiger partial charge in [-0.2, -0.15) is 0 Å². The summed E-state index contributed by atoms with van der Waals surface area (Å²) in [5, 5.41) is 3.29. The molecule has 0 aliphatic carbocycles. The number of aromatic nitrogens is 2. The van der Waals surface area contributed by atoms with Crippen molar-refractivity contribution in [2.24, 2.45) is 0 Å². The molecule has 2 aromatic rings. The Morgan fingerprint density at radius 1 is 1.33 bits per heavy atom. The van der Waals surface area contributed by atoms with E-state index < -0.39 is 0 Å². The van der Waals surface area contributed by atoms with Crippen molar-refractivity contribution < 1.29 is 4.74 Å². The van der Waals surface area contributed by atoms with Gasteiger partial charge in [-0.15, -0.1) is 23.1 Å². The molecule has 0 bridgehead atoms. The summed E-state index contributed by atoms with van der Waals surface area (Å²) in [6.45, 7) is 7.20. The topological polar surface area (TPSA) is 35.0 Å². The first-order chi connectivity index (χ1) is 10.0. The minimum absolute atomic E-state index is 0.0910. The lowest BCUT2D eigenvalue weighted by Crippen LogP contribution is -2.31. The van der Waals surface area contributed by atoms with Crippen LogP contribution in [0.5, 0.6) is 0 Å². The molecule has 0 radical (unpaired) electrons. The molecule has 0 spiro atoms. The molecular formula is C15H20N2OS3. The number of hydrogen-bond donors (Lipinski definition) is 0. The van der Waals surface area contributed by atoms with Crippen LogP contribution in [0.1, 0.15) is 37.6 Å². The van der Waals surface area contributed by atoms with Crippen LogP contribution >= 0.6 is 34.9 Å². The summed E-state index contributed by atoms with van der Waals surface area (Å²) in [4.78, 5) is 12.0. The minimum Gasteiger partial charge on any atom is -0.370 e. The SMILES string of the molecule is CCCSc1nc(SC)c2c3c(sc2n1)COC(C)(C)C3. The van der Waals surface area contributed by atoms with Gasteiger partial charge in [0.15, 0.2) is 5.16 Å². The Bertz CT molecular complexity index is 666. The molecule has 0 aromatic carbocycles. The lowest BCUT2D eigenvalue weighted by Gasteiger charge is -2.30. The van der Waals surface area contributed by atoms with Gasteiger partial charge >= 0.3 is 0 Å². The van der Waals surface area contributed by atoms with Gasteiger partial charge in [0.05, 0.1) is 12.2 Å². The third-order valence-electron chi connectivity index (χ3n) is 3.51. The predicted octanol–water partition coefficient (Wildman–Crippen LogP) is 4.77. The molecule has 3 rings (SSSR count). The Morgan fingerprint density at radius 2 is 2.14 bits per heavy atom. The second-order valence-corrected chi connectivity index (χ2v) is 8.71. The summed E-state index contributed by atoms with van der Waals surface area (Å²) < 4.78 is 5.94. The van der Waals surface area contributed by atoms with E-state index in [1.807, 2.05) is 0 Å². The zero-order valence-corrected chi connectivity index (χ0v) is 15.3. The highest BCUT2D eigenvalue weighted by Crippen LogP contribution is 2.41. The third kappa shape index (κ3) is 3.09. The van der Waals surface area contributed by atoms with E-state index in [9.17, 15) is 0 Å². The maximum atomic E-state index is 5.94. The Labute approximate surface area is 138 Å². The van der Waals surface area contributed by atoms with Crippen molar-refractivity contribution in [2.45, 2.75) is 56.0 Å². The Morgan fingerprint density at radius 3 is 2.86 bits per heavy atom. The second-order valence-electron chi connectivity index (χ2n) is 5.77. The van der Waals surface area contributed by atoms with Crippen LogP contribution in [0.4, 0.5) is 0 Å². The van der Waals surface area contributed by atoms with E-state index >= 15 is 0 Å². The molecule has 0 fully saturated rings. The molecule has 3 nitrogen and oxygen atoms in total. The van der Waals surface area contributed by atoms with Crippen molar-refractivity contribution in [3.8, 4) is 0 Å². The fourth-order valence-corrected chi connectivity index (χ4v) is 5.08. The van der Waals surface area contributed by atoms with Crippen LogP contribution in [0, 0.1) is 0 Å². The molecule has 2 aromatic heterocycles. The normalized spacial score (nSPS) is 17.1. The van der Waals surface area contributed by atoms with E-state index in [4.69, 9.17) is 14.7 Å². The average molecular weight is 341 g/mol. The van der Waals surface area contributed by atoms with Crippen molar-refractivity contribution >= 4 is 45.1 Å². The maximum absolute atomic E-state index is 5.94. The number of hydrogen-bond acceptors (Lipinski definition) is 6. The Hall–Kier alpha value is -0.300. The monoisotopic (exact) mass is 340 g/mol. The standard InChI is InChI=1S/C15H20N2OS3/c1-5-6-20-14-16-12(19-4)11-9-7-15(2,3)18-8-10(9)21-13(11)17-14/h5-8H2,1-4H3. The van der Waals surface area contributed by atoms with Crippen molar-refractivity contribution in [3.05, 3.63) is 10.4 Å². The summed E-state index contributed by atoms with van der Waals surface area (Å²) >= 11 is 5.25. The zero-order valence-electron chi connectivity index (χ0n) is 12.9. The lowest BCUT2D eigenvalue weighted by atomic mass is 9.95. The molecule has 1 aliphatic heterocycles. The number of thiophene rings is 1. The minimum atomic E-state index is -0.0910. The highest BCUT2D eigenvalue weighted by Gasteiger charge is 2.30. The smallest absolute Gasteiger partial charge is 0.190 e. The number of ether oxygens (including phenoxy) is 1. The summed E-state index contributed by atoms with van der Waals surface area (Å²) in [6, 6.07) is 0. The second kappa shape index (κ2) is 6.07. The van der Waals surface area contributed by atoms with Crippen LogP contribution in [0.2, 0.25) is 0 Å². The molecule has 0 amide bonds. The van der Waals surface area contributed by atoms with E-state index in [0.29, 0.717) is 6.61 Å². The third-order valence-corrected chi connectivity index (χ3v) is 6.34. The van der Waals surface area contributed by atoms with Gasteiger partial charge in [0.2, 0.25) is 0 Å². The van der Waals surface area contributed by atoms with Crippen LogP contribution in [0.15, 0.2) is 10.2 Å². The van der Waals surface area contributed by atoms with Crippen LogP contribution in [0.25, 0.3) is 10.2 Å². The van der Waals surface area contributed by atoms with Gasteiger partial charge in [0, 0.05) is 22.4 Å². The summed E-state index contributed by atoms with van der Waals surface area (Å²) in [7, 11) is 0. The molecule has 0 atom stereocenters. The number of fused-ring (bicyclic) bond motifs is 3. The maximum Gasteiger partial charge on any atom is 0.190 e. The summed E-state index contributed by atoms with van der Waals surface area (Å²) in [5.74, 6) is 1.07. The molecule has 0 N–H and O–H groups in total. The fourth-order valence-electron chi connectivity index (χ4n) is 2.50. The highest BCUT2D eigenvalue weighted by molar-refractivity contribution is 7.99. The predicted molar refractivity (Wildman–Crippen MR) is 92.8 cm³/mol. The molecule has 3 heterocycles. The van der Waals surface area contributed by atoms with E-state index in [0.717, 1.165) is 33.6 Å². The first-order valence-electron chi connectivity index (χ1n) is 7.17. The van der Waals surface area contributed by atoms with E-state index in [1.54, 1.807) is 34.9 Å². The van der Waals surface area contributed by atoms with Gasteiger partial charge in [-0.1, -0.05) is 18.7 Å². The quantitative estimate of drug-likeness (QED) is 0.455. The van der Waals surface area contributed by atoms with Gasteiger partial charge in [-0.3, -0.25) is 0 Å². The Kier molecular flexibility index (Phi) is 4.50. The molecule has 1 aliphatic rings. The number of nitrogens with zero attached hydrogens (tertiary/aromatic N) is 2. The summed E-state index contributed by atoms with van der Waals surface area (Å²) in [6.07, 6.45) is 4.19. The highest BCUT2D eigenvalue weighted by atomic mass is 32.2. The van der Waals surface area contributed by atoms with Gasteiger partial charge in [0.25, 0.3) is 0 Å². The van der Waals surface area contributed by atoms with Crippen LogP contribution in [-0.4, -0.2) is 27.6 Å². The average Bonchev–Trinajstić information content (AvgIpc) is 2.80. The molecule has 0 saturated carbocycles. The molecular weight excluding hydrogens is 320 g/mol. The van der Waals surface area contributed by atoms with Crippen LogP contribution in [-0.2, 0) is 17.8 Å². The van der Waals surface area contributed by atoms with E-state index in [-0.39, 0.29) is 5.60 Å². The van der Waals surface area contributed by atoms with Crippen molar-refractivity contribution in [1.82, 2.24) is 9.97 Å². The first kappa shape index (κ1) is 15.6. The molecule has 114 valence electrons. The first-order valence-corrected chi connectivity index (χ1v) is 10.2. The zero-order chi connectivity index (χ0) is 15.0. The molecule has 21 heavy (non-hydrogen) atoms. The fraction of sp³-hybridized carbons (Fsp3) is 0.600. The molecule has 0 saturated heterocycles.